The van der Waals surface area contributed by atoms with Crippen LogP contribution < -0.4 is 0 Å². The Kier molecular flexibility index (Phi) is 9.50. The SMILES string of the molecule is c1ccc(-c2c3nc(c(-c4ccccc4)c4[nH]c(c(-c5ccc6c(c5)c5ccccc5n6-c5ccccc5)c5nc(c(-c6ccccc6)c6[nH]c2c2ccccc62)-c2ncccc2-5)c2ccccc42)-c2ncccc2-3)cc1. The van der Waals surface area contributed by atoms with Crippen molar-refractivity contribution in [2.45, 2.75) is 0 Å². The molecule has 0 spiro atoms. The first-order chi connectivity index (χ1) is 38.2. The Morgan fingerprint density at radius 3 is 1.12 bits per heavy atom. The van der Waals surface area contributed by atoms with Crippen LogP contribution in [0, 0.1) is 0 Å². The Labute approximate surface area is 442 Å². The number of aromatic amines is 2. The van der Waals surface area contributed by atoms with Gasteiger partial charge in [0.1, 0.15) is 0 Å². The third-order valence-electron chi connectivity index (χ3n) is 15.6. The molecule has 0 saturated heterocycles. The van der Waals surface area contributed by atoms with Crippen LogP contribution in [0.4, 0.5) is 0 Å². The van der Waals surface area contributed by atoms with Crippen molar-refractivity contribution in [3.63, 3.8) is 0 Å². The minimum absolute atomic E-state index is 0.781. The second kappa shape index (κ2) is 17.0. The van der Waals surface area contributed by atoms with Crippen LogP contribution in [-0.2, 0) is 0 Å². The third kappa shape index (κ3) is 6.50. The summed E-state index contributed by atoms with van der Waals surface area (Å²) in [6, 6.07) is 84.1. The predicted octanol–water partition coefficient (Wildman–Crippen LogP) is 17.8. The number of nitrogens with zero attached hydrogens (tertiary/aromatic N) is 5. The van der Waals surface area contributed by atoms with Crippen molar-refractivity contribution >= 4 is 65.4 Å². The van der Waals surface area contributed by atoms with Crippen molar-refractivity contribution < 1.29 is 0 Å². The molecule has 2 N–H and O–H groups in total. The molecule has 16 rings (SSSR count). The molecule has 5 aromatic heterocycles. The lowest BCUT2D eigenvalue weighted by Crippen LogP contribution is -1.93. The molecule has 7 heterocycles. The number of rotatable bonds is 5. The third-order valence-corrected chi connectivity index (χ3v) is 15.6. The van der Waals surface area contributed by atoms with E-state index in [1.54, 1.807) is 0 Å². The molecule has 77 heavy (non-hydrogen) atoms. The van der Waals surface area contributed by atoms with E-state index < -0.39 is 0 Å². The van der Waals surface area contributed by atoms with E-state index in [9.17, 15) is 0 Å². The van der Waals surface area contributed by atoms with E-state index in [0.29, 0.717) is 0 Å². The second-order valence-corrected chi connectivity index (χ2v) is 19.8. The zero-order valence-corrected chi connectivity index (χ0v) is 41.4. The van der Waals surface area contributed by atoms with Gasteiger partial charge in [0.25, 0.3) is 0 Å². The summed E-state index contributed by atoms with van der Waals surface area (Å²) in [5.41, 5.74) is 21.8. The van der Waals surface area contributed by atoms with Crippen LogP contribution in [0.15, 0.2) is 249 Å². The standard InChI is InChI=1S/C70H43N7/c1-5-21-42(22-6-1)57-61-48-30-13-14-31-49(48)62(73-61)58(43-23-7-2-8-24-43)70-68-53(35-20-40-72-68)66(76-70)60(45-37-38-56-54(41-45)47-29-17-18-36-55(47)77(56)46-27-11-4-12-28-46)64-51-33-16-15-32-50(51)63(74-64)59(44-25-9-3-10-26-44)69-67-52(65(57)75-69)34-19-39-71-67/h1-41,73-74H. The molecule has 7 heteroatoms. The van der Waals surface area contributed by atoms with Gasteiger partial charge in [0.05, 0.1) is 67.3 Å². The minimum Gasteiger partial charge on any atom is -0.353 e. The number of pyridine rings is 2. The molecule has 358 valence electrons. The van der Waals surface area contributed by atoms with E-state index in [4.69, 9.17) is 19.9 Å². The Morgan fingerprint density at radius 2 is 0.649 bits per heavy atom. The summed E-state index contributed by atoms with van der Waals surface area (Å²) in [6.45, 7) is 0. The average molecular weight is 982 g/mol. The zero-order chi connectivity index (χ0) is 50.6. The van der Waals surface area contributed by atoms with Crippen molar-refractivity contribution in [2.24, 2.45) is 0 Å². The van der Waals surface area contributed by atoms with Gasteiger partial charge in [-0.05, 0) is 76.9 Å². The highest BCUT2D eigenvalue weighted by atomic mass is 15.0. The smallest absolute Gasteiger partial charge is 0.1000 e. The van der Waals surface area contributed by atoms with Gasteiger partial charge in [-0.1, -0.05) is 182 Å². The molecule has 0 unspecified atom stereocenters. The van der Waals surface area contributed by atoms with E-state index in [1.165, 1.54) is 5.39 Å². The number of para-hydroxylation sites is 2. The highest BCUT2D eigenvalue weighted by molar-refractivity contribution is 6.22. The summed E-state index contributed by atoms with van der Waals surface area (Å²) in [7, 11) is 0. The van der Waals surface area contributed by atoms with Crippen molar-refractivity contribution in [3.05, 3.63) is 249 Å². The summed E-state index contributed by atoms with van der Waals surface area (Å²) in [5, 5.41) is 6.53. The molecule has 0 amide bonds. The molecule has 0 saturated carbocycles. The number of fused-ring (bicyclic) bond motifs is 3. The maximum absolute atomic E-state index is 6.00. The van der Waals surface area contributed by atoms with E-state index >= 15 is 0 Å². The van der Waals surface area contributed by atoms with Crippen LogP contribution in [-0.4, -0.2) is 34.5 Å². The zero-order valence-electron chi connectivity index (χ0n) is 41.4. The number of hydrogen-bond acceptors (Lipinski definition) is 4. The summed E-state index contributed by atoms with van der Waals surface area (Å²) in [5.74, 6) is 0. The van der Waals surface area contributed by atoms with Crippen LogP contribution in [0.25, 0.3) is 161 Å². The first kappa shape index (κ1) is 43.0. The van der Waals surface area contributed by atoms with E-state index in [1.807, 2.05) is 24.5 Å². The average Bonchev–Trinajstić information content (AvgIpc) is 4.45. The number of nitrogens with one attached hydrogen (secondary N) is 2. The molecule has 0 radical (unpaired) electrons. The molecule has 8 bridgehead atoms. The van der Waals surface area contributed by atoms with Crippen LogP contribution in [0.3, 0.4) is 0 Å². The lowest BCUT2D eigenvalue weighted by Gasteiger charge is -2.10. The largest absolute Gasteiger partial charge is 0.353 e. The number of aromatic nitrogens is 7. The fourth-order valence-electron chi connectivity index (χ4n) is 12.3. The summed E-state index contributed by atoms with van der Waals surface area (Å²) in [4.78, 5) is 30.8. The van der Waals surface area contributed by atoms with Gasteiger partial charge >= 0.3 is 0 Å². The summed E-state index contributed by atoms with van der Waals surface area (Å²) < 4.78 is 2.37. The highest BCUT2D eigenvalue weighted by Crippen LogP contribution is 2.51. The van der Waals surface area contributed by atoms with Crippen LogP contribution in [0.5, 0.6) is 0 Å². The van der Waals surface area contributed by atoms with Crippen LogP contribution >= 0.6 is 0 Å². The highest BCUT2D eigenvalue weighted by Gasteiger charge is 2.31. The quantitative estimate of drug-likeness (QED) is 0.180. The predicted molar refractivity (Wildman–Crippen MR) is 317 cm³/mol. The lowest BCUT2D eigenvalue weighted by atomic mass is 9.95. The minimum atomic E-state index is 0.781. The fraction of sp³-hybridized carbons (Fsp3) is 0. The maximum Gasteiger partial charge on any atom is 0.1000 e. The normalized spacial score (nSPS) is 11.9. The van der Waals surface area contributed by atoms with E-state index in [-0.39, 0.29) is 0 Å². The summed E-state index contributed by atoms with van der Waals surface area (Å²) >= 11 is 0. The Balaban J connectivity index is 1.19. The molecule has 7 nitrogen and oxygen atoms in total. The maximum atomic E-state index is 6.00. The number of H-pyrrole nitrogens is 2. The van der Waals surface area contributed by atoms with Gasteiger partial charge in [0.15, 0.2) is 0 Å². The molecular formula is C70H43N7. The van der Waals surface area contributed by atoms with Crippen molar-refractivity contribution in [1.29, 1.82) is 0 Å². The van der Waals surface area contributed by atoms with E-state index in [0.717, 1.165) is 156 Å². The first-order valence-electron chi connectivity index (χ1n) is 26.1. The van der Waals surface area contributed by atoms with Crippen molar-refractivity contribution in [2.75, 3.05) is 0 Å². The second-order valence-electron chi connectivity index (χ2n) is 19.8. The summed E-state index contributed by atoms with van der Waals surface area (Å²) in [6.07, 6.45) is 3.79. The lowest BCUT2D eigenvalue weighted by molar-refractivity contribution is 1.18. The molecule has 0 fully saturated rings. The van der Waals surface area contributed by atoms with Gasteiger partial charge < -0.3 is 14.5 Å². The van der Waals surface area contributed by atoms with Gasteiger partial charge in [-0.3, -0.25) is 9.97 Å². The molecule has 2 aliphatic heterocycles. The Hall–Kier alpha value is -10.5. The van der Waals surface area contributed by atoms with Gasteiger partial charge in [0.2, 0.25) is 0 Å². The first-order valence-corrected chi connectivity index (χ1v) is 26.1. The molecule has 0 atom stereocenters. The monoisotopic (exact) mass is 981 g/mol. The van der Waals surface area contributed by atoms with Gasteiger partial charge in [0, 0.05) is 83.8 Å². The molecule has 8 aromatic carbocycles. The van der Waals surface area contributed by atoms with Gasteiger partial charge in [-0.25, -0.2) is 9.97 Å². The topological polar surface area (TPSA) is 88.1 Å². The molecule has 3 aliphatic rings. The molecule has 1 aliphatic carbocycles. The Bertz CT molecular complexity index is 4860. The van der Waals surface area contributed by atoms with Crippen molar-refractivity contribution in [3.8, 4) is 95.5 Å². The number of hydrogen-bond donors (Lipinski definition) is 2. The number of benzene rings is 8. The van der Waals surface area contributed by atoms with E-state index in [2.05, 4.69) is 239 Å². The van der Waals surface area contributed by atoms with Gasteiger partial charge in [-0.2, -0.15) is 0 Å². The van der Waals surface area contributed by atoms with Crippen LogP contribution in [0.2, 0.25) is 0 Å². The fourth-order valence-corrected chi connectivity index (χ4v) is 12.3. The van der Waals surface area contributed by atoms with Gasteiger partial charge in [-0.15, -0.1) is 0 Å². The molecule has 13 aromatic rings. The van der Waals surface area contributed by atoms with Crippen LogP contribution in [0.1, 0.15) is 0 Å². The molecular weight excluding hydrogens is 939 g/mol. The van der Waals surface area contributed by atoms with Crippen molar-refractivity contribution in [1.82, 2.24) is 34.5 Å². The Morgan fingerprint density at radius 1 is 0.273 bits per heavy atom.